The third-order valence-electron chi connectivity index (χ3n) is 18.1. The zero-order valence-corrected chi connectivity index (χ0v) is 44.3. The number of rotatable bonds is 8. The minimum atomic E-state index is 0. The van der Waals surface area contributed by atoms with E-state index in [2.05, 4.69) is 164 Å². The minimum absolute atomic E-state index is 0. The predicted octanol–water partition coefficient (Wildman–Crippen LogP) is -2.53. The third-order valence-corrected chi connectivity index (χ3v) is 18.1. The summed E-state index contributed by atoms with van der Waals surface area (Å²) < 4.78 is 27.0. The van der Waals surface area contributed by atoms with Gasteiger partial charge in [0.25, 0.3) is 0 Å². The molecule has 13 rings (SSSR count). The van der Waals surface area contributed by atoms with Gasteiger partial charge < -0.3 is 56.2 Å². The van der Waals surface area contributed by atoms with E-state index in [-0.39, 0.29) is 128 Å². The van der Waals surface area contributed by atoms with Gasteiger partial charge in [0, 0.05) is 0 Å². The Morgan fingerprint density at radius 2 is 0.431 bits per heavy atom. The number of hydrogen-bond donors (Lipinski definition) is 8. The zero-order valence-electron chi connectivity index (χ0n) is 40.9. The molecule has 16 heteroatoms. The summed E-state index contributed by atoms with van der Waals surface area (Å²) in [6.45, 7) is 0. The van der Waals surface area contributed by atoms with Crippen LogP contribution in [0.15, 0.2) is 121 Å². The van der Waals surface area contributed by atoms with Crippen molar-refractivity contribution in [2.24, 2.45) is 47.3 Å². The predicted molar refractivity (Wildman–Crippen MR) is 268 cm³/mol. The molecule has 4 aromatic rings. The molecule has 12 atom stereocenters. The first-order chi connectivity index (χ1) is 33.6. The molecule has 384 valence electrons. The van der Waals surface area contributed by atoms with E-state index < -0.39 is 0 Å². The number of hydrogen-bond acceptors (Lipinski definition) is 12. The van der Waals surface area contributed by atoms with Gasteiger partial charge in [-0.2, -0.15) is 0 Å². The molecule has 12 unspecified atom stereocenters. The van der Waals surface area contributed by atoms with Crippen LogP contribution in [-0.4, -0.2) is 91.1 Å². The molecule has 72 heavy (non-hydrogen) atoms. The van der Waals surface area contributed by atoms with E-state index in [1.165, 1.54) is 0 Å². The van der Waals surface area contributed by atoms with Crippen molar-refractivity contribution < 1.29 is 56.2 Å². The average Bonchev–Trinajstić information content (AvgIpc) is 4.10. The standard InChI is InChI=1S/C56H72N8O4.Al.3ClH/c1-5-13-33(14-6-1)65-37-21-25-41-45(29-37)53-57-49(41)62-54-47-31-39(67-35-17-9-3-10-18-35)23-27-43(47)51(59-54)64-56-48-32-40(68-36-19-11-4-12-20-36)24-28-44(48)52(60-56)63-55-46-30-38(66-34-15-7-2-8-16-34)22-26-42(46)50(58-55)61-53;;;;/h1-20,37-64H,21-32H2;;3*1H/q;+3;;;/p-3. The van der Waals surface area contributed by atoms with Crippen LogP contribution < -0.4 is 98.7 Å². The van der Waals surface area contributed by atoms with E-state index in [4.69, 9.17) is 18.9 Å². The molecule has 8 bridgehead atoms. The second-order valence-electron chi connectivity index (χ2n) is 21.9. The summed E-state index contributed by atoms with van der Waals surface area (Å²) in [5, 5.41) is 34.4. The SMILES string of the molecule is [Al+3].[Cl-].[Cl-].[Cl-].c1ccc(OC2CCC3C4NC(NC5NC(NC6NC(NC7NC(N4)C4CC(Oc8ccccc8)CCC74)C4CC(Oc7ccccc7)CCC64)C4CC(Oc6ccccc6)CCC54)C3C2)cc1. The van der Waals surface area contributed by atoms with E-state index in [1.54, 1.807) is 0 Å². The molecular formula is C56H72AlCl3N8O4. The molecule has 5 aliphatic heterocycles. The topological polar surface area (TPSA) is 133 Å². The molecule has 0 aromatic heterocycles. The van der Waals surface area contributed by atoms with Gasteiger partial charge in [-0.05, 0) is 173 Å². The van der Waals surface area contributed by atoms with E-state index in [9.17, 15) is 0 Å². The Morgan fingerprint density at radius 3 is 0.625 bits per heavy atom. The molecule has 4 saturated carbocycles. The van der Waals surface area contributed by atoms with Gasteiger partial charge in [0.05, 0.1) is 73.7 Å². The Labute approximate surface area is 455 Å². The number of halogens is 3. The van der Waals surface area contributed by atoms with Crippen molar-refractivity contribution in [2.45, 2.75) is 151 Å². The van der Waals surface area contributed by atoms with Crippen LogP contribution in [0.25, 0.3) is 0 Å². The summed E-state index contributed by atoms with van der Waals surface area (Å²) >= 11 is 0. The largest absolute Gasteiger partial charge is 3.00 e. The van der Waals surface area contributed by atoms with Gasteiger partial charge in [0.15, 0.2) is 0 Å². The number of nitrogens with one attached hydrogen (secondary N) is 8. The van der Waals surface area contributed by atoms with Crippen LogP contribution in [0.3, 0.4) is 0 Å². The van der Waals surface area contributed by atoms with Crippen molar-refractivity contribution >= 4 is 17.4 Å². The quantitative estimate of drug-likeness (QED) is 0.0887. The Kier molecular flexibility index (Phi) is 18.0. The first kappa shape index (κ1) is 54.0. The van der Waals surface area contributed by atoms with Crippen LogP contribution in [0.1, 0.15) is 77.0 Å². The van der Waals surface area contributed by atoms with Crippen molar-refractivity contribution in [3.8, 4) is 23.0 Å². The second-order valence-corrected chi connectivity index (χ2v) is 21.9. The third kappa shape index (κ3) is 11.3. The molecule has 9 aliphatic rings. The fraction of sp³-hybridized carbons (Fsp3) is 0.571. The Balaban J connectivity index is 0.00000160. The van der Waals surface area contributed by atoms with Crippen molar-refractivity contribution in [3.63, 3.8) is 0 Å². The van der Waals surface area contributed by atoms with Crippen LogP contribution in [0.5, 0.6) is 23.0 Å². The van der Waals surface area contributed by atoms with E-state index in [1.807, 2.05) is 0 Å². The zero-order chi connectivity index (χ0) is 45.0. The normalized spacial score (nSPS) is 40.3. The first-order valence-corrected chi connectivity index (χ1v) is 26.6. The molecule has 12 nitrogen and oxygen atoms in total. The van der Waals surface area contributed by atoms with Crippen molar-refractivity contribution in [1.29, 1.82) is 0 Å². The minimum Gasteiger partial charge on any atom is -1.00 e. The van der Waals surface area contributed by atoms with Gasteiger partial charge in [0.2, 0.25) is 0 Å². The molecule has 4 aliphatic carbocycles. The summed E-state index contributed by atoms with van der Waals surface area (Å²) in [6.07, 6.45) is 14.6. The molecular weight excluding hydrogens is 982 g/mol. The van der Waals surface area contributed by atoms with Crippen LogP contribution in [-0.2, 0) is 0 Å². The monoisotopic (exact) mass is 1050 g/mol. The molecule has 4 aromatic carbocycles. The van der Waals surface area contributed by atoms with Crippen LogP contribution in [0, 0.1) is 47.3 Å². The molecule has 0 radical (unpaired) electrons. The smallest absolute Gasteiger partial charge is 1.00 e. The molecule has 0 amide bonds. The molecule has 5 heterocycles. The van der Waals surface area contributed by atoms with Crippen LogP contribution in [0.2, 0.25) is 0 Å². The fourth-order valence-corrected chi connectivity index (χ4v) is 15.0. The maximum absolute atomic E-state index is 6.76. The Bertz CT molecular complexity index is 1980. The summed E-state index contributed by atoms with van der Waals surface area (Å²) in [7, 11) is 0. The van der Waals surface area contributed by atoms with E-state index >= 15 is 0 Å². The van der Waals surface area contributed by atoms with Crippen molar-refractivity contribution in [1.82, 2.24) is 42.5 Å². The first-order valence-electron chi connectivity index (χ1n) is 26.6. The van der Waals surface area contributed by atoms with Gasteiger partial charge in [-0.25, -0.2) is 0 Å². The average molecular weight is 1050 g/mol. The van der Waals surface area contributed by atoms with Crippen LogP contribution >= 0.6 is 0 Å². The number of para-hydroxylation sites is 4. The van der Waals surface area contributed by atoms with Crippen LogP contribution in [0.4, 0.5) is 0 Å². The molecule has 9 fully saturated rings. The maximum atomic E-state index is 6.76. The fourth-order valence-electron chi connectivity index (χ4n) is 15.0. The van der Waals surface area contributed by atoms with E-state index in [0.29, 0.717) is 47.3 Å². The number of ether oxygens (including phenoxy) is 4. The summed E-state index contributed by atoms with van der Waals surface area (Å²) in [5.74, 6) is 7.41. The maximum Gasteiger partial charge on any atom is 3.00 e. The van der Waals surface area contributed by atoms with Gasteiger partial charge >= 0.3 is 17.4 Å². The number of benzene rings is 4. The summed E-state index contributed by atoms with van der Waals surface area (Å²) in [6, 6.07) is 41.9. The van der Waals surface area contributed by atoms with Crippen molar-refractivity contribution in [2.75, 3.05) is 0 Å². The molecule has 0 spiro atoms. The molecule has 5 saturated heterocycles. The van der Waals surface area contributed by atoms with Gasteiger partial charge in [-0.15, -0.1) is 0 Å². The van der Waals surface area contributed by atoms with E-state index in [0.717, 1.165) is 100 Å². The van der Waals surface area contributed by atoms with Crippen molar-refractivity contribution in [3.05, 3.63) is 121 Å². The van der Waals surface area contributed by atoms with Gasteiger partial charge in [-0.3, -0.25) is 42.5 Å². The van der Waals surface area contributed by atoms with Gasteiger partial charge in [0.1, 0.15) is 23.0 Å². The summed E-state index contributed by atoms with van der Waals surface area (Å²) in [5.41, 5.74) is 0. The Hall–Kier alpha value is -2.84. The Morgan fingerprint density at radius 1 is 0.250 bits per heavy atom. The molecule has 8 N–H and O–H groups in total. The van der Waals surface area contributed by atoms with Gasteiger partial charge in [-0.1, -0.05) is 72.8 Å². The summed E-state index contributed by atoms with van der Waals surface area (Å²) in [4.78, 5) is 0. The second kappa shape index (κ2) is 24.0. The number of fused-ring (bicyclic) bond motifs is 20.